The van der Waals surface area contributed by atoms with Gasteiger partial charge in [0.25, 0.3) is 0 Å². The van der Waals surface area contributed by atoms with Gasteiger partial charge in [0.05, 0.1) is 0 Å². The van der Waals surface area contributed by atoms with Crippen LogP contribution in [0.3, 0.4) is 0 Å². The molecule has 4 rings (SSSR count). The zero-order valence-electron chi connectivity index (χ0n) is 17.6. The standard InChI is InChI=1S/C24H32N4O/c1-19(2)20-5-7-21(8-6-20)25-24(29)28-17-15-27(16-18-28)23-11-9-22(10-12-23)26-13-3-4-14-26/h5-12,19H,3-4,13-18H2,1-2H3,(H,25,29). The maximum absolute atomic E-state index is 12.6. The van der Waals surface area contributed by atoms with Crippen LogP contribution in [-0.2, 0) is 0 Å². The summed E-state index contributed by atoms with van der Waals surface area (Å²) in [6.45, 7) is 9.90. The van der Waals surface area contributed by atoms with Crippen molar-refractivity contribution in [1.29, 1.82) is 0 Å². The summed E-state index contributed by atoms with van der Waals surface area (Å²) in [4.78, 5) is 19.3. The minimum Gasteiger partial charge on any atom is -0.372 e. The van der Waals surface area contributed by atoms with Crippen molar-refractivity contribution in [3.63, 3.8) is 0 Å². The molecule has 2 aliphatic rings. The van der Waals surface area contributed by atoms with Gasteiger partial charge >= 0.3 is 6.03 Å². The van der Waals surface area contributed by atoms with Crippen LogP contribution >= 0.6 is 0 Å². The molecule has 0 saturated carbocycles. The number of nitrogens with zero attached hydrogens (tertiary/aromatic N) is 3. The number of urea groups is 1. The Morgan fingerprint density at radius 1 is 0.759 bits per heavy atom. The highest BCUT2D eigenvalue weighted by Crippen LogP contribution is 2.25. The first-order valence-electron chi connectivity index (χ1n) is 10.9. The lowest BCUT2D eigenvalue weighted by atomic mass is 10.0. The van der Waals surface area contributed by atoms with Gasteiger partial charge in [-0.05, 0) is 60.7 Å². The fourth-order valence-electron chi connectivity index (χ4n) is 4.17. The van der Waals surface area contributed by atoms with Gasteiger partial charge in [-0.3, -0.25) is 0 Å². The lowest BCUT2D eigenvalue weighted by Gasteiger charge is -2.36. The van der Waals surface area contributed by atoms with Crippen molar-refractivity contribution in [3.05, 3.63) is 54.1 Å². The smallest absolute Gasteiger partial charge is 0.321 e. The molecular formula is C24H32N4O. The Hall–Kier alpha value is -2.69. The number of nitrogens with one attached hydrogen (secondary N) is 1. The van der Waals surface area contributed by atoms with E-state index in [2.05, 4.69) is 65.4 Å². The molecule has 0 aliphatic carbocycles. The van der Waals surface area contributed by atoms with Gasteiger partial charge in [0, 0.05) is 56.3 Å². The van der Waals surface area contributed by atoms with Crippen molar-refractivity contribution in [2.24, 2.45) is 0 Å². The third-order valence-electron chi connectivity index (χ3n) is 6.08. The van der Waals surface area contributed by atoms with Gasteiger partial charge in [0.2, 0.25) is 0 Å². The number of hydrogen-bond donors (Lipinski definition) is 1. The van der Waals surface area contributed by atoms with Gasteiger partial charge in [0.1, 0.15) is 0 Å². The Kier molecular flexibility index (Phi) is 5.93. The van der Waals surface area contributed by atoms with Crippen LogP contribution in [0, 0.1) is 0 Å². The van der Waals surface area contributed by atoms with Gasteiger partial charge in [-0.15, -0.1) is 0 Å². The molecule has 0 spiro atoms. The van der Waals surface area contributed by atoms with Gasteiger partial charge < -0.3 is 20.0 Å². The zero-order chi connectivity index (χ0) is 20.2. The molecule has 2 aliphatic heterocycles. The lowest BCUT2D eigenvalue weighted by molar-refractivity contribution is 0.208. The zero-order valence-corrected chi connectivity index (χ0v) is 17.6. The molecule has 2 aromatic carbocycles. The third kappa shape index (κ3) is 4.66. The molecule has 0 atom stereocenters. The van der Waals surface area contributed by atoms with Crippen molar-refractivity contribution in [1.82, 2.24) is 4.90 Å². The Morgan fingerprint density at radius 3 is 1.79 bits per heavy atom. The van der Waals surface area contributed by atoms with Crippen molar-refractivity contribution in [3.8, 4) is 0 Å². The number of amides is 2. The van der Waals surface area contributed by atoms with Crippen LogP contribution in [0.15, 0.2) is 48.5 Å². The van der Waals surface area contributed by atoms with E-state index in [0.29, 0.717) is 5.92 Å². The van der Waals surface area contributed by atoms with E-state index in [-0.39, 0.29) is 6.03 Å². The molecule has 2 saturated heterocycles. The monoisotopic (exact) mass is 392 g/mol. The summed E-state index contributed by atoms with van der Waals surface area (Å²) in [6, 6.07) is 17.1. The second kappa shape index (κ2) is 8.76. The lowest BCUT2D eigenvalue weighted by Crippen LogP contribution is -2.50. The average Bonchev–Trinajstić information content (AvgIpc) is 3.29. The molecule has 154 valence electrons. The summed E-state index contributed by atoms with van der Waals surface area (Å²) in [7, 11) is 0. The maximum atomic E-state index is 12.6. The summed E-state index contributed by atoms with van der Waals surface area (Å²) in [5, 5.41) is 3.03. The predicted octanol–water partition coefficient (Wildman–Crippen LogP) is 4.76. The van der Waals surface area contributed by atoms with Crippen molar-refractivity contribution < 1.29 is 4.79 Å². The minimum atomic E-state index is -0.00803. The predicted molar refractivity (Wildman–Crippen MR) is 121 cm³/mol. The van der Waals surface area contributed by atoms with Crippen LogP contribution < -0.4 is 15.1 Å². The molecule has 2 fully saturated rings. The van der Waals surface area contributed by atoms with E-state index in [4.69, 9.17) is 0 Å². The summed E-state index contributed by atoms with van der Waals surface area (Å²) >= 11 is 0. The van der Waals surface area contributed by atoms with Crippen molar-refractivity contribution >= 4 is 23.1 Å². The molecule has 1 N–H and O–H groups in total. The number of piperazine rings is 1. The van der Waals surface area contributed by atoms with E-state index in [1.54, 1.807) is 0 Å². The van der Waals surface area contributed by atoms with Crippen molar-refractivity contribution in [2.75, 3.05) is 54.4 Å². The second-order valence-electron chi connectivity index (χ2n) is 8.39. The summed E-state index contributed by atoms with van der Waals surface area (Å²) in [6.07, 6.45) is 2.60. The highest BCUT2D eigenvalue weighted by molar-refractivity contribution is 5.89. The van der Waals surface area contributed by atoms with E-state index < -0.39 is 0 Å². The fraction of sp³-hybridized carbons (Fsp3) is 0.458. The number of hydrogen-bond acceptors (Lipinski definition) is 3. The van der Waals surface area contributed by atoms with E-state index in [1.807, 2.05) is 17.0 Å². The van der Waals surface area contributed by atoms with E-state index in [9.17, 15) is 4.79 Å². The molecule has 2 heterocycles. The molecule has 2 amide bonds. The maximum Gasteiger partial charge on any atom is 0.321 e. The number of carbonyl (C=O) groups excluding carboxylic acids is 1. The van der Waals surface area contributed by atoms with E-state index >= 15 is 0 Å². The molecule has 29 heavy (non-hydrogen) atoms. The largest absolute Gasteiger partial charge is 0.372 e. The Bertz CT molecular complexity index is 802. The van der Waals surface area contributed by atoms with Crippen LogP contribution in [0.4, 0.5) is 21.9 Å². The van der Waals surface area contributed by atoms with E-state index in [1.165, 1.54) is 42.9 Å². The van der Waals surface area contributed by atoms with Crippen molar-refractivity contribution in [2.45, 2.75) is 32.6 Å². The molecule has 5 heteroatoms. The molecule has 5 nitrogen and oxygen atoms in total. The highest BCUT2D eigenvalue weighted by Gasteiger charge is 2.22. The fourth-order valence-corrected chi connectivity index (χ4v) is 4.17. The molecule has 0 unspecified atom stereocenters. The first-order valence-corrected chi connectivity index (χ1v) is 10.9. The third-order valence-corrected chi connectivity index (χ3v) is 6.08. The normalized spacial score (nSPS) is 17.1. The quantitative estimate of drug-likeness (QED) is 0.815. The summed E-state index contributed by atoms with van der Waals surface area (Å²) in [5.74, 6) is 0.497. The number of anilines is 3. The Balaban J connectivity index is 1.29. The molecule has 0 radical (unpaired) electrons. The van der Waals surface area contributed by atoms with Gasteiger partial charge in [-0.2, -0.15) is 0 Å². The van der Waals surface area contributed by atoms with Crippen LogP contribution in [0.5, 0.6) is 0 Å². The van der Waals surface area contributed by atoms with Crippen LogP contribution in [0.1, 0.15) is 38.2 Å². The van der Waals surface area contributed by atoms with Crippen LogP contribution in [0.25, 0.3) is 0 Å². The number of carbonyl (C=O) groups is 1. The molecule has 2 aromatic rings. The van der Waals surface area contributed by atoms with E-state index in [0.717, 1.165) is 31.9 Å². The topological polar surface area (TPSA) is 38.8 Å². The first-order chi connectivity index (χ1) is 14.1. The summed E-state index contributed by atoms with van der Waals surface area (Å²) in [5.41, 5.74) is 4.72. The van der Waals surface area contributed by atoms with Gasteiger partial charge in [-0.25, -0.2) is 4.79 Å². The van der Waals surface area contributed by atoms with Crippen LogP contribution in [-0.4, -0.2) is 50.2 Å². The SMILES string of the molecule is CC(C)c1ccc(NC(=O)N2CCN(c3ccc(N4CCCC4)cc3)CC2)cc1. The minimum absolute atomic E-state index is 0.00803. The highest BCUT2D eigenvalue weighted by atomic mass is 16.2. The number of benzene rings is 2. The van der Waals surface area contributed by atoms with Crippen LogP contribution in [0.2, 0.25) is 0 Å². The Labute approximate surface area is 174 Å². The summed E-state index contributed by atoms with van der Waals surface area (Å²) < 4.78 is 0. The Morgan fingerprint density at radius 2 is 1.28 bits per heavy atom. The molecular weight excluding hydrogens is 360 g/mol. The van der Waals surface area contributed by atoms with Gasteiger partial charge in [-0.1, -0.05) is 26.0 Å². The second-order valence-corrected chi connectivity index (χ2v) is 8.39. The van der Waals surface area contributed by atoms with Gasteiger partial charge in [0.15, 0.2) is 0 Å². The first kappa shape index (κ1) is 19.6. The number of rotatable bonds is 4. The average molecular weight is 393 g/mol. The molecule has 0 aromatic heterocycles. The molecule has 0 bridgehead atoms.